The van der Waals surface area contributed by atoms with E-state index in [0.29, 0.717) is 16.3 Å². The van der Waals surface area contributed by atoms with Gasteiger partial charge in [-0.3, -0.25) is 19.3 Å². The summed E-state index contributed by atoms with van der Waals surface area (Å²) in [7, 11) is 0. The van der Waals surface area contributed by atoms with E-state index < -0.39 is 17.7 Å². The van der Waals surface area contributed by atoms with Gasteiger partial charge in [-0.25, -0.2) is 4.98 Å². The molecule has 0 saturated heterocycles. The van der Waals surface area contributed by atoms with Gasteiger partial charge in [0.25, 0.3) is 11.8 Å². The second-order valence-electron chi connectivity index (χ2n) is 6.08. The smallest absolute Gasteiger partial charge is 0.262 e. The van der Waals surface area contributed by atoms with E-state index in [-0.39, 0.29) is 6.54 Å². The Morgan fingerprint density at radius 1 is 0.963 bits per heavy atom. The summed E-state index contributed by atoms with van der Waals surface area (Å²) in [6, 6.07) is 16.5. The number of aromatic nitrogens is 1. The number of anilines is 1. The maximum Gasteiger partial charge on any atom is 0.262 e. The quantitative estimate of drug-likeness (QED) is 0.694. The van der Waals surface area contributed by atoms with E-state index in [2.05, 4.69) is 10.3 Å². The van der Waals surface area contributed by atoms with Gasteiger partial charge < -0.3 is 5.32 Å². The molecule has 1 aliphatic heterocycles. The molecule has 1 aromatic heterocycles. The Kier molecular flexibility index (Phi) is 4.52. The Balaban J connectivity index is 1.39. The van der Waals surface area contributed by atoms with Crippen LogP contribution in [0.15, 0.2) is 60.8 Å². The summed E-state index contributed by atoms with van der Waals surface area (Å²) < 4.78 is 0. The van der Waals surface area contributed by atoms with Crippen LogP contribution >= 0.6 is 11.3 Å². The summed E-state index contributed by atoms with van der Waals surface area (Å²) in [5.74, 6) is -1.35. The first kappa shape index (κ1) is 17.1. The first-order valence-electron chi connectivity index (χ1n) is 8.35. The Morgan fingerprint density at radius 2 is 1.59 bits per heavy atom. The zero-order valence-corrected chi connectivity index (χ0v) is 15.0. The minimum Gasteiger partial charge on any atom is -0.300 e. The molecule has 1 aliphatic rings. The first-order valence-corrected chi connectivity index (χ1v) is 9.17. The third-order valence-electron chi connectivity index (χ3n) is 4.20. The van der Waals surface area contributed by atoms with Crippen LogP contribution in [0.4, 0.5) is 5.13 Å². The number of imide groups is 1. The highest BCUT2D eigenvalue weighted by atomic mass is 32.1. The number of nitrogens with one attached hydrogen (secondary N) is 1. The summed E-state index contributed by atoms with van der Waals surface area (Å²) >= 11 is 1.37. The largest absolute Gasteiger partial charge is 0.300 e. The molecule has 3 amide bonds. The lowest BCUT2D eigenvalue weighted by molar-refractivity contribution is -0.116. The Hall–Kier alpha value is -3.32. The number of carbonyl (C=O) groups excluding carboxylic acids is 3. The van der Waals surface area contributed by atoms with Crippen molar-refractivity contribution >= 4 is 34.2 Å². The average Bonchev–Trinajstić information content (AvgIpc) is 3.21. The lowest BCUT2D eigenvalue weighted by atomic mass is 10.1. The molecule has 0 spiro atoms. The van der Waals surface area contributed by atoms with Crippen molar-refractivity contribution in [1.82, 2.24) is 9.88 Å². The molecule has 27 heavy (non-hydrogen) atoms. The number of nitrogens with zero attached hydrogens (tertiary/aromatic N) is 2. The summed E-state index contributed by atoms with van der Waals surface area (Å²) in [5, 5.41) is 3.11. The second kappa shape index (κ2) is 7.13. The molecule has 6 nitrogen and oxygen atoms in total. The second-order valence-corrected chi connectivity index (χ2v) is 7.20. The van der Waals surface area contributed by atoms with Gasteiger partial charge in [0.1, 0.15) is 6.54 Å². The van der Waals surface area contributed by atoms with Crippen LogP contribution in [0.5, 0.6) is 0 Å². The van der Waals surface area contributed by atoms with Crippen molar-refractivity contribution in [3.05, 3.63) is 82.4 Å². The molecule has 2 aromatic carbocycles. The Bertz CT molecular complexity index is 995. The summed E-state index contributed by atoms with van der Waals surface area (Å²) in [5.41, 5.74) is 1.81. The summed E-state index contributed by atoms with van der Waals surface area (Å²) in [6.07, 6.45) is 2.45. The predicted molar refractivity (Wildman–Crippen MR) is 102 cm³/mol. The number of carbonyl (C=O) groups is 3. The van der Waals surface area contributed by atoms with Gasteiger partial charge in [0.05, 0.1) is 11.1 Å². The number of hydrogen-bond acceptors (Lipinski definition) is 5. The zero-order valence-electron chi connectivity index (χ0n) is 14.2. The molecule has 7 heteroatoms. The fourth-order valence-corrected chi connectivity index (χ4v) is 3.79. The number of hydrogen-bond donors (Lipinski definition) is 1. The van der Waals surface area contributed by atoms with E-state index in [4.69, 9.17) is 0 Å². The number of benzene rings is 2. The summed E-state index contributed by atoms with van der Waals surface area (Å²) in [6.45, 7) is -0.333. The Labute approximate surface area is 159 Å². The Morgan fingerprint density at radius 3 is 2.26 bits per heavy atom. The fraction of sp³-hybridized carbons (Fsp3) is 0.100. The van der Waals surface area contributed by atoms with E-state index in [1.54, 1.807) is 30.5 Å². The molecule has 1 N–H and O–H groups in total. The minimum atomic E-state index is -0.454. The van der Waals surface area contributed by atoms with E-state index in [9.17, 15) is 14.4 Å². The summed E-state index contributed by atoms with van der Waals surface area (Å²) in [4.78, 5) is 43.1. The fourth-order valence-electron chi connectivity index (χ4n) is 2.93. The van der Waals surface area contributed by atoms with Crippen LogP contribution in [-0.2, 0) is 11.2 Å². The van der Waals surface area contributed by atoms with Gasteiger partial charge >= 0.3 is 0 Å². The predicted octanol–water partition coefficient (Wildman–Crippen LogP) is 2.97. The van der Waals surface area contributed by atoms with Gasteiger partial charge in [0.15, 0.2) is 5.13 Å². The van der Waals surface area contributed by atoms with Crippen molar-refractivity contribution in [2.24, 2.45) is 0 Å². The molecule has 2 heterocycles. The van der Waals surface area contributed by atoms with Crippen LogP contribution in [0, 0.1) is 0 Å². The number of thiazole rings is 1. The molecule has 0 saturated carbocycles. The number of amides is 3. The number of fused-ring (bicyclic) bond motifs is 1. The molecule has 0 fully saturated rings. The standard InChI is InChI=1S/C20H15N3O3S/c24-17(12-23-18(25)15-8-4-5-9-16(15)19(23)26)22-20-21-11-14(27-20)10-13-6-2-1-3-7-13/h1-9,11H,10,12H2,(H,21,22,24). The van der Waals surface area contributed by atoms with E-state index >= 15 is 0 Å². The third-order valence-corrected chi connectivity index (χ3v) is 5.11. The van der Waals surface area contributed by atoms with E-state index in [1.807, 2.05) is 30.3 Å². The first-order chi connectivity index (χ1) is 13.1. The highest BCUT2D eigenvalue weighted by Gasteiger charge is 2.36. The van der Waals surface area contributed by atoms with Crippen molar-refractivity contribution < 1.29 is 14.4 Å². The van der Waals surface area contributed by atoms with Gasteiger partial charge in [0, 0.05) is 17.5 Å². The minimum absolute atomic E-state index is 0.328. The maximum absolute atomic E-state index is 12.3. The average molecular weight is 377 g/mol. The zero-order chi connectivity index (χ0) is 18.8. The number of rotatable bonds is 5. The monoisotopic (exact) mass is 377 g/mol. The lowest BCUT2D eigenvalue weighted by Crippen LogP contribution is -2.37. The van der Waals surface area contributed by atoms with Gasteiger partial charge in [0.2, 0.25) is 5.91 Å². The van der Waals surface area contributed by atoms with Crippen molar-refractivity contribution in [3.8, 4) is 0 Å². The van der Waals surface area contributed by atoms with Crippen molar-refractivity contribution in [1.29, 1.82) is 0 Å². The normalized spacial score (nSPS) is 13.0. The molecular weight excluding hydrogens is 362 g/mol. The molecule has 0 aliphatic carbocycles. The van der Waals surface area contributed by atoms with E-state index in [1.165, 1.54) is 11.3 Å². The topological polar surface area (TPSA) is 79.4 Å². The van der Waals surface area contributed by atoms with Gasteiger partial charge in [-0.15, -0.1) is 11.3 Å². The van der Waals surface area contributed by atoms with Crippen molar-refractivity contribution in [3.63, 3.8) is 0 Å². The van der Waals surface area contributed by atoms with Crippen LogP contribution in [0.3, 0.4) is 0 Å². The van der Waals surface area contributed by atoms with Crippen molar-refractivity contribution in [2.45, 2.75) is 6.42 Å². The molecule has 0 atom stereocenters. The molecule has 0 bridgehead atoms. The van der Waals surface area contributed by atoms with Crippen LogP contribution in [-0.4, -0.2) is 34.2 Å². The van der Waals surface area contributed by atoms with Crippen LogP contribution < -0.4 is 5.32 Å². The highest BCUT2D eigenvalue weighted by molar-refractivity contribution is 7.15. The molecule has 0 unspecified atom stereocenters. The van der Waals surface area contributed by atoms with Gasteiger partial charge in [-0.1, -0.05) is 42.5 Å². The SMILES string of the molecule is O=C(CN1C(=O)c2ccccc2C1=O)Nc1ncc(Cc2ccccc2)s1. The van der Waals surface area contributed by atoms with Gasteiger partial charge in [-0.05, 0) is 17.7 Å². The van der Waals surface area contributed by atoms with E-state index in [0.717, 1.165) is 21.8 Å². The maximum atomic E-state index is 12.3. The third kappa shape index (κ3) is 3.50. The van der Waals surface area contributed by atoms with Crippen LogP contribution in [0.2, 0.25) is 0 Å². The lowest BCUT2D eigenvalue weighted by Gasteiger charge is -2.12. The molecule has 3 aromatic rings. The molecule has 0 radical (unpaired) electrons. The van der Waals surface area contributed by atoms with Crippen LogP contribution in [0.25, 0.3) is 0 Å². The van der Waals surface area contributed by atoms with Crippen LogP contribution in [0.1, 0.15) is 31.2 Å². The molecule has 4 rings (SSSR count). The van der Waals surface area contributed by atoms with Gasteiger partial charge in [-0.2, -0.15) is 0 Å². The highest BCUT2D eigenvalue weighted by Crippen LogP contribution is 2.23. The molecule has 134 valence electrons. The van der Waals surface area contributed by atoms with Crippen molar-refractivity contribution in [2.75, 3.05) is 11.9 Å². The molecular formula is C20H15N3O3S.